The van der Waals surface area contributed by atoms with E-state index in [0.29, 0.717) is 24.1 Å². The normalized spacial score (nSPS) is 12.2. The van der Waals surface area contributed by atoms with Crippen LogP contribution >= 0.6 is 0 Å². The molecular weight excluding hydrogens is 490 g/mol. The lowest BCUT2D eigenvalue weighted by atomic mass is 10.1. The average Bonchev–Trinajstić information content (AvgIpc) is 2.88. The molecule has 0 spiro atoms. The van der Waals surface area contributed by atoms with Gasteiger partial charge in [-0.2, -0.15) is 0 Å². The molecule has 7 nitrogen and oxygen atoms in total. The topological polar surface area (TPSA) is 76.7 Å². The maximum Gasteiger partial charge on any atom is 0.407 e. The summed E-state index contributed by atoms with van der Waals surface area (Å²) >= 11 is 0. The lowest BCUT2D eigenvalue weighted by Gasteiger charge is -2.28. The summed E-state index contributed by atoms with van der Waals surface area (Å²) in [4.78, 5) is 24.5. The third kappa shape index (κ3) is 29.3. The molecule has 2 N–H and O–H groups in total. The van der Waals surface area contributed by atoms with Gasteiger partial charge in [-0.25, -0.2) is 9.59 Å². The van der Waals surface area contributed by atoms with Gasteiger partial charge in [-0.05, 0) is 12.8 Å². The lowest BCUT2D eigenvalue weighted by molar-refractivity contribution is -0.873. The summed E-state index contributed by atoms with van der Waals surface area (Å²) in [6.45, 7) is 6.37. The largest absolute Gasteiger partial charge is 0.445 e. The zero-order chi connectivity index (χ0) is 29.0. The first-order valence-corrected chi connectivity index (χ1v) is 16.4. The van der Waals surface area contributed by atoms with Gasteiger partial charge in [0.2, 0.25) is 0 Å². The zero-order valence-corrected chi connectivity index (χ0v) is 26.6. The lowest BCUT2D eigenvalue weighted by Crippen LogP contribution is -2.46. The van der Waals surface area contributed by atoms with Crippen molar-refractivity contribution < 1.29 is 23.5 Å². The van der Waals surface area contributed by atoms with Crippen molar-refractivity contribution in [2.75, 3.05) is 47.4 Å². The Kier molecular flexibility index (Phi) is 25.7. The van der Waals surface area contributed by atoms with Gasteiger partial charge in [0.25, 0.3) is 0 Å². The molecule has 0 bridgehead atoms. The van der Waals surface area contributed by atoms with E-state index in [1.807, 2.05) is 21.1 Å². The quantitative estimate of drug-likeness (QED) is 0.0787. The molecule has 1 atom stereocenters. The Morgan fingerprint density at radius 1 is 0.564 bits per heavy atom. The summed E-state index contributed by atoms with van der Waals surface area (Å²) < 4.78 is 11.6. The molecule has 0 aliphatic carbocycles. The van der Waals surface area contributed by atoms with Gasteiger partial charge in [0, 0.05) is 13.1 Å². The molecular formula is C32H66N3O4+. The molecule has 0 saturated heterocycles. The predicted molar refractivity (Wildman–Crippen MR) is 164 cm³/mol. The summed E-state index contributed by atoms with van der Waals surface area (Å²) in [6.07, 6.45) is 23.9. The smallest absolute Gasteiger partial charge is 0.407 e. The van der Waals surface area contributed by atoms with Gasteiger partial charge in [0.1, 0.15) is 13.2 Å². The predicted octanol–water partition coefficient (Wildman–Crippen LogP) is 8.36. The Bertz CT molecular complexity index is 566. The average molecular weight is 557 g/mol. The van der Waals surface area contributed by atoms with Gasteiger partial charge < -0.3 is 24.6 Å². The van der Waals surface area contributed by atoms with Crippen molar-refractivity contribution in [3.05, 3.63) is 0 Å². The molecule has 0 saturated carbocycles. The minimum atomic E-state index is -0.485. The van der Waals surface area contributed by atoms with Gasteiger partial charge in [0.15, 0.2) is 6.10 Å². The van der Waals surface area contributed by atoms with E-state index in [1.54, 1.807) is 0 Å². The summed E-state index contributed by atoms with van der Waals surface area (Å²) in [7, 11) is 6.09. The zero-order valence-electron chi connectivity index (χ0n) is 26.6. The monoisotopic (exact) mass is 557 g/mol. The minimum Gasteiger partial charge on any atom is -0.445 e. The summed E-state index contributed by atoms with van der Waals surface area (Å²) in [5.41, 5.74) is 0. The highest BCUT2D eigenvalue weighted by atomic mass is 16.6. The summed E-state index contributed by atoms with van der Waals surface area (Å²) in [5, 5.41) is 5.70. The number of carbonyl (C=O) groups is 2. The number of hydrogen-bond donors (Lipinski definition) is 2. The van der Waals surface area contributed by atoms with Crippen LogP contribution in [0.5, 0.6) is 0 Å². The van der Waals surface area contributed by atoms with Crippen molar-refractivity contribution >= 4 is 12.2 Å². The van der Waals surface area contributed by atoms with E-state index in [0.717, 1.165) is 25.7 Å². The number of ether oxygens (including phenoxy) is 2. The van der Waals surface area contributed by atoms with Crippen LogP contribution in [0.4, 0.5) is 9.59 Å². The van der Waals surface area contributed by atoms with Crippen LogP contribution in [0.3, 0.4) is 0 Å². The van der Waals surface area contributed by atoms with Crippen molar-refractivity contribution in [3.63, 3.8) is 0 Å². The van der Waals surface area contributed by atoms with E-state index in [-0.39, 0.29) is 6.61 Å². The third-order valence-corrected chi connectivity index (χ3v) is 7.02. The molecule has 2 amide bonds. The second kappa shape index (κ2) is 26.7. The highest BCUT2D eigenvalue weighted by molar-refractivity contribution is 5.68. The minimum absolute atomic E-state index is 0.0606. The molecule has 232 valence electrons. The molecule has 0 aromatic rings. The second-order valence-electron chi connectivity index (χ2n) is 12.3. The van der Waals surface area contributed by atoms with Crippen molar-refractivity contribution in [3.8, 4) is 0 Å². The highest BCUT2D eigenvalue weighted by Gasteiger charge is 2.24. The number of rotatable bonds is 27. The van der Waals surface area contributed by atoms with E-state index in [4.69, 9.17) is 9.47 Å². The Morgan fingerprint density at radius 3 is 1.31 bits per heavy atom. The van der Waals surface area contributed by atoms with Gasteiger partial charge in [-0.3, -0.25) is 0 Å². The summed E-state index contributed by atoms with van der Waals surface area (Å²) in [5.74, 6) is 0. The fraction of sp³-hybridized carbons (Fsp3) is 0.938. The van der Waals surface area contributed by atoms with Gasteiger partial charge >= 0.3 is 12.2 Å². The van der Waals surface area contributed by atoms with E-state index < -0.39 is 18.3 Å². The molecule has 0 rings (SSSR count). The van der Waals surface area contributed by atoms with Crippen LogP contribution in [0.15, 0.2) is 0 Å². The van der Waals surface area contributed by atoms with Crippen LogP contribution in [0.25, 0.3) is 0 Å². The van der Waals surface area contributed by atoms with Crippen LogP contribution in [0, 0.1) is 0 Å². The number of unbranched alkanes of at least 4 members (excludes halogenated alkanes) is 18. The number of hydrogen-bond acceptors (Lipinski definition) is 4. The molecule has 0 aliphatic rings. The van der Waals surface area contributed by atoms with E-state index >= 15 is 0 Å². The van der Waals surface area contributed by atoms with Crippen LogP contribution < -0.4 is 10.6 Å². The van der Waals surface area contributed by atoms with Crippen LogP contribution in [-0.2, 0) is 9.47 Å². The molecule has 0 fully saturated rings. The van der Waals surface area contributed by atoms with E-state index in [9.17, 15) is 9.59 Å². The Balaban J connectivity index is 3.93. The van der Waals surface area contributed by atoms with Crippen molar-refractivity contribution in [2.45, 2.75) is 148 Å². The van der Waals surface area contributed by atoms with Crippen molar-refractivity contribution in [1.82, 2.24) is 10.6 Å². The molecule has 0 radical (unpaired) electrons. The van der Waals surface area contributed by atoms with Gasteiger partial charge in [-0.15, -0.1) is 0 Å². The molecule has 39 heavy (non-hydrogen) atoms. The molecule has 0 heterocycles. The fourth-order valence-electron chi connectivity index (χ4n) is 4.75. The van der Waals surface area contributed by atoms with Crippen LogP contribution in [0.1, 0.15) is 142 Å². The number of amides is 2. The number of likely N-dealkylation sites (N-methyl/N-ethyl adjacent to an activating group) is 1. The first-order chi connectivity index (χ1) is 18.8. The van der Waals surface area contributed by atoms with E-state index in [1.165, 1.54) is 103 Å². The Labute approximate surface area is 242 Å². The molecule has 0 aliphatic heterocycles. The van der Waals surface area contributed by atoms with E-state index in [2.05, 4.69) is 24.5 Å². The first-order valence-electron chi connectivity index (χ1n) is 16.4. The summed E-state index contributed by atoms with van der Waals surface area (Å²) in [6, 6.07) is 0. The second-order valence-corrected chi connectivity index (χ2v) is 12.3. The Hall–Kier alpha value is -1.50. The van der Waals surface area contributed by atoms with Crippen molar-refractivity contribution in [2.24, 2.45) is 0 Å². The molecule has 0 aromatic heterocycles. The standard InChI is InChI=1S/C32H65N3O4/c1-6-8-10-12-14-16-18-20-22-24-26-33-31(36)38-29-30(28-35(3,4)5)39-32(37)34-27-25-23-21-19-17-15-13-11-9-7-2/h30H,6-29H2,1-5H3,(H-,33,34,36,37)/p+1. The number of nitrogens with one attached hydrogen (secondary N) is 2. The van der Waals surface area contributed by atoms with Gasteiger partial charge in [0.05, 0.1) is 21.1 Å². The Morgan fingerprint density at radius 2 is 0.923 bits per heavy atom. The highest BCUT2D eigenvalue weighted by Crippen LogP contribution is 2.11. The fourth-order valence-corrected chi connectivity index (χ4v) is 4.75. The molecule has 1 unspecified atom stereocenters. The number of quaternary nitrogens is 1. The third-order valence-electron chi connectivity index (χ3n) is 7.02. The van der Waals surface area contributed by atoms with Crippen LogP contribution in [-0.4, -0.2) is 70.2 Å². The maximum atomic E-state index is 12.3. The molecule has 0 aromatic carbocycles. The SMILES string of the molecule is CCCCCCCCCCCCNC(=O)OCC(C[N+](C)(C)C)OC(=O)NCCCCCCCCCCCC. The maximum absolute atomic E-state index is 12.3. The van der Waals surface area contributed by atoms with Crippen LogP contribution in [0.2, 0.25) is 0 Å². The van der Waals surface area contributed by atoms with Crippen molar-refractivity contribution in [1.29, 1.82) is 0 Å². The number of nitrogens with zero attached hydrogens (tertiary/aromatic N) is 1. The molecule has 7 heteroatoms. The first kappa shape index (κ1) is 37.5. The van der Waals surface area contributed by atoms with Gasteiger partial charge in [-0.1, -0.05) is 129 Å². The number of carbonyl (C=O) groups excluding carboxylic acids is 2. The number of alkyl carbamates (subject to hydrolysis) is 2.